The van der Waals surface area contributed by atoms with Crippen molar-refractivity contribution in [1.82, 2.24) is 4.90 Å². The summed E-state index contributed by atoms with van der Waals surface area (Å²) in [7, 11) is 2.04. The molecule has 0 saturated heterocycles. The summed E-state index contributed by atoms with van der Waals surface area (Å²) in [5.74, 6) is 0. The molecule has 0 heterocycles. The molecule has 20 heavy (non-hydrogen) atoms. The Hall–Kier alpha value is -1.16. The molecule has 2 aromatic rings. The summed E-state index contributed by atoms with van der Waals surface area (Å²) in [5, 5.41) is 10.4. The maximum absolute atomic E-state index is 10.4. The first-order chi connectivity index (χ1) is 9.58. The molecular formula is C17H20BrNO. The Morgan fingerprint density at radius 3 is 2.25 bits per heavy atom. The van der Waals surface area contributed by atoms with E-state index in [0.717, 1.165) is 16.6 Å². The van der Waals surface area contributed by atoms with E-state index in [1.54, 1.807) is 0 Å². The topological polar surface area (TPSA) is 23.5 Å². The van der Waals surface area contributed by atoms with E-state index in [1.165, 1.54) is 5.56 Å². The Morgan fingerprint density at radius 1 is 1.05 bits per heavy atom. The fourth-order valence-corrected chi connectivity index (χ4v) is 2.46. The molecule has 2 rings (SSSR count). The number of hydrogen-bond donors (Lipinski definition) is 1. The van der Waals surface area contributed by atoms with Gasteiger partial charge in [-0.1, -0.05) is 58.4 Å². The van der Waals surface area contributed by atoms with E-state index >= 15 is 0 Å². The van der Waals surface area contributed by atoms with Gasteiger partial charge in [0.25, 0.3) is 0 Å². The lowest BCUT2D eigenvalue weighted by Gasteiger charge is -2.29. The van der Waals surface area contributed by atoms with Crippen molar-refractivity contribution in [2.24, 2.45) is 0 Å². The number of halogens is 1. The Bertz CT molecular complexity index is 526. The fraction of sp³-hybridized carbons (Fsp3) is 0.294. The summed E-state index contributed by atoms with van der Waals surface area (Å²) in [6, 6.07) is 18.2. The van der Waals surface area contributed by atoms with Crippen LogP contribution in [0.5, 0.6) is 0 Å². The van der Waals surface area contributed by atoms with E-state index in [4.69, 9.17) is 0 Å². The Morgan fingerprint density at radius 2 is 1.65 bits per heavy atom. The van der Waals surface area contributed by atoms with E-state index in [2.05, 4.69) is 39.9 Å². The molecule has 106 valence electrons. The van der Waals surface area contributed by atoms with E-state index < -0.39 is 6.10 Å². The maximum Gasteiger partial charge on any atom is 0.0942 e. The van der Waals surface area contributed by atoms with Gasteiger partial charge >= 0.3 is 0 Å². The number of rotatable bonds is 5. The molecule has 1 N–H and O–H groups in total. The molecule has 0 unspecified atom stereocenters. The van der Waals surface area contributed by atoms with Crippen molar-refractivity contribution in [2.45, 2.75) is 25.6 Å². The average Bonchev–Trinajstić information content (AvgIpc) is 2.49. The minimum atomic E-state index is -0.475. The quantitative estimate of drug-likeness (QED) is 0.893. The SMILES string of the molecule is C[C@@H]([C@H](O)c1ccccc1)N(C)Cc1ccc(Br)cc1. The first-order valence-corrected chi connectivity index (χ1v) is 7.55. The van der Waals surface area contributed by atoms with Crippen LogP contribution in [0.25, 0.3) is 0 Å². The number of hydrogen-bond acceptors (Lipinski definition) is 2. The van der Waals surface area contributed by atoms with Crippen LogP contribution in [0.3, 0.4) is 0 Å². The van der Waals surface area contributed by atoms with E-state index in [0.29, 0.717) is 0 Å². The van der Waals surface area contributed by atoms with Gasteiger partial charge < -0.3 is 5.11 Å². The second kappa shape index (κ2) is 7.02. The predicted octanol–water partition coefficient (Wildman–Crippen LogP) is 4.00. The minimum absolute atomic E-state index is 0.0565. The molecule has 0 aliphatic rings. The molecule has 2 nitrogen and oxygen atoms in total. The van der Waals surface area contributed by atoms with Crippen LogP contribution < -0.4 is 0 Å². The zero-order valence-electron chi connectivity index (χ0n) is 11.8. The number of aliphatic hydroxyl groups excluding tert-OH is 1. The number of likely N-dealkylation sites (N-methyl/N-ethyl adjacent to an activating group) is 1. The highest BCUT2D eigenvalue weighted by Gasteiger charge is 2.20. The summed E-state index contributed by atoms with van der Waals surface area (Å²) in [5.41, 5.74) is 2.20. The molecule has 3 heteroatoms. The zero-order valence-corrected chi connectivity index (χ0v) is 13.4. The van der Waals surface area contributed by atoms with Crippen LogP contribution in [0, 0.1) is 0 Å². The van der Waals surface area contributed by atoms with Crippen molar-refractivity contribution in [1.29, 1.82) is 0 Å². The zero-order chi connectivity index (χ0) is 14.5. The Labute approximate surface area is 129 Å². The highest BCUT2D eigenvalue weighted by molar-refractivity contribution is 9.10. The molecule has 0 aromatic heterocycles. The highest BCUT2D eigenvalue weighted by Crippen LogP contribution is 2.21. The normalized spacial score (nSPS) is 14.2. The van der Waals surface area contributed by atoms with Gasteiger partial charge in [0.1, 0.15) is 0 Å². The predicted molar refractivity (Wildman–Crippen MR) is 86.5 cm³/mol. The molecule has 0 aliphatic heterocycles. The van der Waals surface area contributed by atoms with Gasteiger partial charge in [-0.3, -0.25) is 4.90 Å². The summed E-state index contributed by atoms with van der Waals surface area (Å²) in [6.07, 6.45) is -0.475. The number of benzene rings is 2. The lowest BCUT2D eigenvalue weighted by Crippen LogP contribution is -2.33. The first kappa shape index (κ1) is 15.2. The van der Waals surface area contributed by atoms with E-state index in [1.807, 2.05) is 49.5 Å². The van der Waals surface area contributed by atoms with Crippen molar-refractivity contribution in [2.75, 3.05) is 7.05 Å². The van der Waals surface area contributed by atoms with Crippen LogP contribution >= 0.6 is 15.9 Å². The summed E-state index contributed by atoms with van der Waals surface area (Å²) < 4.78 is 1.08. The Balaban J connectivity index is 2.01. The highest BCUT2D eigenvalue weighted by atomic mass is 79.9. The van der Waals surface area contributed by atoms with Gasteiger partial charge in [-0.2, -0.15) is 0 Å². The monoisotopic (exact) mass is 333 g/mol. The lowest BCUT2D eigenvalue weighted by molar-refractivity contribution is 0.0688. The van der Waals surface area contributed by atoms with Crippen LogP contribution in [0.4, 0.5) is 0 Å². The van der Waals surface area contributed by atoms with E-state index in [9.17, 15) is 5.11 Å². The molecule has 2 aromatic carbocycles. The third kappa shape index (κ3) is 3.92. The van der Waals surface area contributed by atoms with Crippen LogP contribution in [-0.4, -0.2) is 23.1 Å². The van der Waals surface area contributed by atoms with Crippen LogP contribution in [0.1, 0.15) is 24.2 Å². The molecule has 0 amide bonds. The molecule has 0 radical (unpaired) electrons. The van der Waals surface area contributed by atoms with E-state index in [-0.39, 0.29) is 6.04 Å². The number of nitrogens with zero attached hydrogens (tertiary/aromatic N) is 1. The second-order valence-corrected chi connectivity index (χ2v) is 6.05. The molecule has 0 bridgehead atoms. The van der Waals surface area contributed by atoms with Gasteiger partial charge in [-0.15, -0.1) is 0 Å². The minimum Gasteiger partial charge on any atom is -0.387 e. The van der Waals surface area contributed by atoms with Crippen molar-refractivity contribution in [3.8, 4) is 0 Å². The molecule has 0 spiro atoms. The van der Waals surface area contributed by atoms with Crippen molar-refractivity contribution in [3.63, 3.8) is 0 Å². The summed E-state index contributed by atoms with van der Waals surface area (Å²) in [4.78, 5) is 2.17. The van der Waals surface area contributed by atoms with Gasteiger partial charge in [0, 0.05) is 17.1 Å². The van der Waals surface area contributed by atoms with Crippen LogP contribution in [0.2, 0.25) is 0 Å². The van der Waals surface area contributed by atoms with Gasteiger partial charge in [-0.25, -0.2) is 0 Å². The molecule has 0 fully saturated rings. The molecule has 0 aliphatic carbocycles. The summed E-state index contributed by atoms with van der Waals surface area (Å²) in [6.45, 7) is 2.87. The van der Waals surface area contributed by atoms with Gasteiger partial charge in [-0.05, 0) is 37.2 Å². The largest absolute Gasteiger partial charge is 0.387 e. The van der Waals surface area contributed by atoms with Crippen LogP contribution in [0.15, 0.2) is 59.1 Å². The molecule has 2 atom stereocenters. The fourth-order valence-electron chi connectivity index (χ4n) is 2.19. The lowest BCUT2D eigenvalue weighted by atomic mass is 10.0. The standard InChI is InChI=1S/C17H20BrNO/c1-13(17(20)15-6-4-3-5-7-15)19(2)12-14-8-10-16(18)11-9-14/h3-11,13,17,20H,12H2,1-2H3/t13-,17-/m0/s1. The average molecular weight is 334 g/mol. The van der Waals surface area contributed by atoms with Crippen LogP contribution in [-0.2, 0) is 6.54 Å². The van der Waals surface area contributed by atoms with Crippen molar-refractivity contribution in [3.05, 3.63) is 70.2 Å². The first-order valence-electron chi connectivity index (χ1n) is 6.75. The second-order valence-electron chi connectivity index (χ2n) is 5.14. The molecule has 0 saturated carbocycles. The number of aliphatic hydroxyl groups is 1. The van der Waals surface area contributed by atoms with Gasteiger partial charge in [0.15, 0.2) is 0 Å². The van der Waals surface area contributed by atoms with Gasteiger partial charge in [0.2, 0.25) is 0 Å². The van der Waals surface area contributed by atoms with Crippen molar-refractivity contribution < 1.29 is 5.11 Å². The third-order valence-corrected chi connectivity index (χ3v) is 4.17. The van der Waals surface area contributed by atoms with Gasteiger partial charge in [0.05, 0.1) is 6.10 Å². The third-order valence-electron chi connectivity index (χ3n) is 3.64. The molecular weight excluding hydrogens is 314 g/mol. The maximum atomic E-state index is 10.4. The smallest absolute Gasteiger partial charge is 0.0942 e. The summed E-state index contributed by atoms with van der Waals surface area (Å²) >= 11 is 3.44. The van der Waals surface area contributed by atoms with Crippen molar-refractivity contribution >= 4 is 15.9 Å². The Kier molecular flexibility index (Phi) is 5.35.